The van der Waals surface area contributed by atoms with Crippen LogP contribution >= 0.6 is 12.2 Å². The fourth-order valence-corrected chi connectivity index (χ4v) is 5.64. The molecule has 0 aliphatic carbocycles. The molecule has 2 N–H and O–H groups in total. The number of ether oxygens (including phenoxy) is 1. The summed E-state index contributed by atoms with van der Waals surface area (Å²) >= 11 is 5.78. The van der Waals surface area contributed by atoms with E-state index in [0.717, 1.165) is 28.3 Å². The van der Waals surface area contributed by atoms with Gasteiger partial charge in [0.2, 0.25) is 5.91 Å². The van der Waals surface area contributed by atoms with Crippen LogP contribution in [0.5, 0.6) is 0 Å². The first-order chi connectivity index (χ1) is 19.8. The first kappa shape index (κ1) is 28.0. The molecule has 1 aliphatic rings. The number of hydrogen-bond acceptors (Lipinski definition) is 5. The number of benzene rings is 2. The molecule has 0 bridgehead atoms. The first-order valence-electron chi connectivity index (χ1n) is 13.2. The van der Waals surface area contributed by atoms with Crippen molar-refractivity contribution >= 4 is 34.9 Å². The molecule has 10 heteroatoms. The third-order valence-electron chi connectivity index (χ3n) is 7.24. The van der Waals surface area contributed by atoms with E-state index in [2.05, 4.69) is 26.3 Å². The van der Waals surface area contributed by atoms with Crippen molar-refractivity contribution < 1.29 is 18.7 Å². The van der Waals surface area contributed by atoms with Crippen molar-refractivity contribution in [1.82, 2.24) is 19.8 Å². The van der Waals surface area contributed by atoms with E-state index in [1.165, 1.54) is 31.4 Å². The van der Waals surface area contributed by atoms with Crippen molar-refractivity contribution in [3.8, 4) is 5.69 Å². The van der Waals surface area contributed by atoms with Crippen molar-refractivity contribution in [3.05, 3.63) is 113 Å². The lowest BCUT2D eigenvalue weighted by Crippen LogP contribution is -2.32. The summed E-state index contributed by atoms with van der Waals surface area (Å²) in [4.78, 5) is 31.4. The molecule has 1 aliphatic heterocycles. The molecule has 0 saturated carbocycles. The van der Waals surface area contributed by atoms with Gasteiger partial charge in [-0.1, -0.05) is 6.07 Å². The molecule has 1 saturated heterocycles. The van der Waals surface area contributed by atoms with Crippen LogP contribution in [-0.2, 0) is 9.53 Å². The van der Waals surface area contributed by atoms with Gasteiger partial charge in [-0.3, -0.25) is 9.78 Å². The van der Waals surface area contributed by atoms with Gasteiger partial charge in [0.15, 0.2) is 5.11 Å². The second kappa shape index (κ2) is 11.9. The molecule has 1 fully saturated rings. The maximum Gasteiger partial charge on any atom is 0.337 e. The molecule has 8 nitrogen and oxygen atoms in total. The summed E-state index contributed by atoms with van der Waals surface area (Å²) in [6, 6.07) is 20.4. The lowest BCUT2D eigenvalue weighted by atomic mass is 9.96. The van der Waals surface area contributed by atoms with Gasteiger partial charge in [0.1, 0.15) is 5.82 Å². The molecule has 3 heterocycles. The monoisotopic (exact) mass is 571 g/mol. The van der Waals surface area contributed by atoms with Gasteiger partial charge in [0, 0.05) is 41.9 Å². The Kier molecular flexibility index (Phi) is 8.11. The molecule has 0 radical (unpaired) electrons. The number of esters is 1. The van der Waals surface area contributed by atoms with Crippen LogP contribution in [0.4, 0.5) is 10.1 Å². The van der Waals surface area contributed by atoms with Crippen LogP contribution < -0.4 is 10.6 Å². The van der Waals surface area contributed by atoms with E-state index in [1.54, 1.807) is 18.3 Å². The summed E-state index contributed by atoms with van der Waals surface area (Å²) in [6.07, 6.45) is 1.93. The number of nitrogens with zero attached hydrogens (tertiary/aromatic N) is 3. The summed E-state index contributed by atoms with van der Waals surface area (Å²) in [7, 11) is 1.36. The topological polar surface area (TPSA) is 88.5 Å². The van der Waals surface area contributed by atoms with E-state index >= 15 is 0 Å². The summed E-state index contributed by atoms with van der Waals surface area (Å²) < 4.78 is 20.2. The van der Waals surface area contributed by atoms with Gasteiger partial charge in [0.05, 0.1) is 30.5 Å². The second-order valence-corrected chi connectivity index (χ2v) is 10.2. The fraction of sp³-hybridized carbons (Fsp3) is 0.226. The van der Waals surface area contributed by atoms with Crippen LogP contribution in [0, 0.1) is 19.7 Å². The first-order valence-corrected chi connectivity index (χ1v) is 13.6. The molecule has 4 aromatic rings. The number of aryl methyl sites for hydroxylation is 1. The standard InChI is InChI=1S/C31H30FN5O3S/c1-19-18-25(20(2)37(19)24-13-7-21(8-14-24)30(39)40-3)29-28(26-6-4-5-16-33-26)35-31(41)36(29)17-15-27(38)34-23-11-9-22(32)10-12-23/h4-14,16,18,28-29H,15,17H2,1-3H3,(H,34,38)(H,35,41)/t28-,29+/m0/s1. The molecule has 2 aromatic carbocycles. The summed E-state index contributed by atoms with van der Waals surface area (Å²) in [5.74, 6) is -0.950. The summed E-state index contributed by atoms with van der Waals surface area (Å²) in [5.41, 5.74) is 5.81. The molecule has 210 valence electrons. The SMILES string of the molecule is COC(=O)c1ccc(-n2c(C)cc([C@@H]3[C@H](c4ccccn4)NC(=S)N3CCC(=O)Nc3ccc(F)cc3)c2C)cc1. The Morgan fingerprint density at radius 1 is 1.07 bits per heavy atom. The van der Waals surface area contributed by atoms with Gasteiger partial charge >= 0.3 is 5.97 Å². The zero-order valence-corrected chi connectivity index (χ0v) is 23.7. The Morgan fingerprint density at radius 2 is 1.80 bits per heavy atom. The Labute approximate surface area is 243 Å². The van der Waals surface area contributed by atoms with Crippen LogP contribution in [0.15, 0.2) is 79.0 Å². The van der Waals surface area contributed by atoms with Crippen molar-refractivity contribution in [1.29, 1.82) is 0 Å². The zero-order valence-electron chi connectivity index (χ0n) is 22.9. The molecule has 2 aromatic heterocycles. The minimum Gasteiger partial charge on any atom is -0.465 e. The van der Waals surface area contributed by atoms with E-state index in [4.69, 9.17) is 17.0 Å². The molecular weight excluding hydrogens is 541 g/mol. The Bertz CT molecular complexity index is 1570. The normalized spacial score (nSPS) is 16.4. The van der Waals surface area contributed by atoms with E-state index in [-0.39, 0.29) is 36.2 Å². The summed E-state index contributed by atoms with van der Waals surface area (Å²) in [5, 5.41) is 6.79. The predicted molar refractivity (Wildman–Crippen MR) is 158 cm³/mol. The highest BCUT2D eigenvalue weighted by Crippen LogP contribution is 2.41. The van der Waals surface area contributed by atoms with Gasteiger partial charge in [-0.15, -0.1) is 0 Å². The molecule has 1 amide bonds. The fourth-order valence-electron chi connectivity index (χ4n) is 5.31. The van der Waals surface area contributed by atoms with Gasteiger partial charge in [0.25, 0.3) is 0 Å². The number of aromatic nitrogens is 2. The Hall–Kier alpha value is -4.57. The van der Waals surface area contributed by atoms with Crippen molar-refractivity contribution in [2.24, 2.45) is 0 Å². The maximum absolute atomic E-state index is 13.3. The third kappa shape index (κ3) is 5.83. The Balaban J connectivity index is 1.45. The molecule has 2 atom stereocenters. The number of amides is 1. The van der Waals surface area contributed by atoms with E-state index in [0.29, 0.717) is 22.9 Å². The summed E-state index contributed by atoms with van der Waals surface area (Å²) in [6.45, 7) is 4.44. The second-order valence-electron chi connectivity index (χ2n) is 9.83. The van der Waals surface area contributed by atoms with Crippen molar-refractivity contribution in [3.63, 3.8) is 0 Å². The highest BCUT2D eigenvalue weighted by Gasteiger charge is 2.41. The number of rotatable bonds is 8. The van der Waals surface area contributed by atoms with Crippen molar-refractivity contribution in [2.75, 3.05) is 19.0 Å². The number of anilines is 1. The molecule has 0 unspecified atom stereocenters. The number of nitrogens with one attached hydrogen (secondary N) is 2. The van der Waals surface area contributed by atoms with Crippen LogP contribution in [0.2, 0.25) is 0 Å². The number of hydrogen-bond donors (Lipinski definition) is 2. The average molecular weight is 572 g/mol. The van der Waals surface area contributed by atoms with Gasteiger partial charge in [-0.2, -0.15) is 0 Å². The van der Waals surface area contributed by atoms with Crippen LogP contribution in [0.1, 0.15) is 51.5 Å². The maximum atomic E-state index is 13.3. The Morgan fingerprint density at radius 3 is 2.46 bits per heavy atom. The average Bonchev–Trinajstić information content (AvgIpc) is 3.47. The highest BCUT2D eigenvalue weighted by molar-refractivity contribution is 7.80. The zero-order chi connectivity index (χ0) is 29.1. The minimum absolute atomic E-state index is 0.179. The van der Waals surface area contributed by atoms with E-state index in [9.17, 15) is 14.0 Å². The van der Waals surface area contributed by atoms with Crippen LogP contribution in [-0.4, -0.2) is 45.1 Å². The molecule has 5 rings (SSSR count). The highest BCUT2D eigenvalue weighted by atomic mass is 32.1. The van der Waals surface area contributed by atoms with Crippen LogP contribution in [0.3, 0.4) is 0 Å². The lowest BCUT2D eigenvalue weighted by molar-refractivity contribution is -0.116. The number of methoxy groups -OCH3 is 1. The number of thiocarbonyl (C=S) groups is 1. The number of halogens is 1. The van der Waals surface area contributed by atoms with Gasteiger partial charge in [-0.25, -0.2) is 9.18 Å². The smallest absolute Gasteiger partial charge is 0.337 e. The number of carbonyl (C=O) groups excluding carboxylic acids is 2. The molecular formula is C31H30FN5O3S. The third-order valence-corrected chi connectivity index (χ3v) is 7.59. The predicted octanol–water partition coefficient (Wildman–Crippen LogP) is 5.42. The van der Waals surface area contributed by atoms with E-state index < -0.39 is 0 Å². The van der Waals surface area contributed by atoms with Gasteiger partial charge in [-0.05, 0) is 98.4 Å². The van der Waals surface area contributed by atoms with Crippen molar-refractivity contribution in [2.45, 2.75) is 32.4 Å². The van der Waals surface area contributed by atoms with Gasteiger partial charge < -0.3 is 24.8 Å². The number of carbonyl (C=O) groups is 2. The molecule has 0 spiro atoms. The quantitative estimate of drug-likeness (QED) is 0.216. The minimum atomic E-state index is -0.388. The van der Waals surface area contributed by atoms with E-state index in [1.807, 2.05) is 49.1 Å². The van der Waals surface area contributed by atoms with Crippen LogP contribution in [0.25, 0.3) is 5.69 Å². The molecule has 41 heavy (non-hydrogen) atoms. The largest absolute Gasteiger partial charge is 0.465 e. The number of pyridine rings is 1. The lowest BCUT2D eigenvalue weighted by Gasteiger charge is -2.28.